The van der Waals surface area contributed by atoms with Gasteiger partial charge in [-0.05, 0) is 38.2 Å². The van der Waals surface area contributed by atoms with Crippen LogP contribution >= 0.6 is 11.8 Å². The Hall–Kier alpha value is -1.78. The lowest BCUT2D eigenvalue weighted by molar-refractivity contribution is 0.106. The molecule has 2 aliphatic rings. The average molecular weight is 346 g/mol. The smallest absolute Gasteiger partial charge is 0.410 e. The summed E-state index contributed by atoms with van der Waals surface area (Å²) < 4.78 is 5.14. The molecule has 7 heteroatoms. The van der Waals surface area contributed by atoms with Crippen LogP contribution in [0.5, 0.6) is 0 Å². The quantitative estimate of drug-likeness (QED) is 0.780. The molecule has 1 unspecified atom stereocenters. The maximum absolute atomic E-state index is 11.8. The SMILES string of the molecule is CSc1nc(CN2CCC(N3C(=O)OCC3C)CC2)ccc1C#N. The van der Waals surface area contributed by atoms with Crippen molar-refractivity contribution in [1.82, 2.24) is 14.8 Å². The molecule has 3 rings (SSSR count). The van der Waals surface area contributed by atoms with Crippen molar-refractivity contribution < 1.29 is 9.53 Å². The van der Waals surface area contributed by atoms with Gasteiger partial charge in [-0.1, -0.05) is 0 Å². The summed E-state index contributed by atoms with van der Waals surface area (Å²) >= 11 is 1.50. The van der Waals surface area contributed by atoms with Crippen LogP contribution in [0.1, 0.15) is 31.0 Å². The Kier molecular flexibility index (Phi) is 5.27. The van der Waals surface area contributed by atoms with Crippen molar-refractivity contribution in [3.63, 3.8) is 0 Å². The molecule has 1 amide bonds. The van der Waals surface area contributed by atoms with Crippen LogP contribution < -0.4 is 0 Å². The van der Waals surface area contributed by atoms with Crippen LogP contribution in [0, 0.1) is 11.3 Å². The van der Waals surface area contributed by atoms with E-state index in [9.17, 15) is 4.79 Å². The lowest BCUT2D eigenvalue weighted by Crippen LogP contribution is -2.47. The van der Waals surface area contributed by atoms with Gasteiger partial charge in [0.1, 0.15) is 17.7 Å². The highest BCUT2D eigenvalue weighted by Crippen LogP contribution is 2.25. The zero-order valence-electron chi connectivity index (χ0n) is 14.1. The number of thioether (sulfide) groups is 1. The third-order valence-corrected chi connectivity index (χ3v) is 5.40. The summed E-state index contributed by atoms with van der Waals surface area (Å²) in [4.78, 5) is 20.7. The van der Waals surface area contributed by atoms with E-state index in [0.717, 1.165) is 43.2 Å². The normalized spacial score (nSPS) is 22.5. The number of cyclic esters (lactones) is 1. The van der Waals surface area contributed by atoms with Gasteiger partial charge >= 0.3 is 6.09 Å². The minimum atomic E-state index is -0.167. The second kappa shape index (κ2) is 7.41. The molecule has 1 aromatic heterocycles. The number of nitriles is 1. The Labute approximate surface area is 146 Å². The monoisotopic (exact) mass is 346 g/mol. The standard InChI is InChI=1S/C17H22N4O2S/c1-12-11-23-17(22)21(12)15-5-7-20(8-6-15)10-14-4-3-13(9-18)16(19-14)24-2/h3-4,12,15H,5-8,10-11H2,1-2H3. The first-order chi connectivity index (χ1) is 11.6. The summed E-state index contributed by atoms with van der Waals surface area (Å²) in [6, 6.07) is 6.42. The van der Waals surface area contributed by atoms with Crippen LogP contribution in [0.25, 0.3) is 0 Å². The summed E-state index contributed by atoms with van der Waals surface area (Å²) in [6.45, 7) is 5.22. The van der Waals surface area contributed by atoms with E-state index in [1.54, 1.807) is 0 Å². The lowest BCUT2D eigenvalue weighted by atomic mass is 10.0. The number of amides is 1. The number of ether oxygens (including phenoxy) is 1. The Morgan fingerprint density at radius 1 is 1.42 bits per heavy atom. The number of hydrogen-bond acceptors (Lipinski definition) is 6. The molecule has 2 saturated heterocycles. The minimum absolute atomic E-state index is 0.167. The van der Waals surface area contributed by atoms with Gasteiger partial charge in [0.05, 0.1) is 17.3 Å². The number of likely N-dealkylation sites (tertiary alicyclic amines) is 1. The van der Waals surface area contributed by atoms with Crippen molar-refractivity contribution in [2.45, 2.75) is 43.4 Å². The highest BCUT2D eigenvalue weighted by Gasteiger charge is 2.36. The van der Waals surface area contributed by atoms with E-state index >= 15 is 0 Å². The molecule has 0 saturated carbocycles. The van der Waals surface area contributed by atoms with E-state index in [0.29, 0.717) is 12.2 Å². The second-order valence-electron chi connectivity index (χ2n) is 6.31. The van der Waals surface area contributed by atoms with E-state index in [4.69, 9.17) is 10.00 Å². The molecule has 1 aromatic rings. The van der Waals surface area contributed by atoms with Gasteiger partial charge in [-0.15, -0.1) is 11.8 Å². The fourth-order valence-electron chi connectivity index (χ4n) is 3.43. The van der Waals surface area contributed by atoms with Gasteiger partial charge in [0, 0.05) is 25.7 Å². The van der Waals surface area contributed by atoms with Gasteiger partial charge < -0.3 is 4.74 Å². The van der Waals surface area contributed by atoms with Crippen LogP contribution in [-0.4, -0.2) is 58.9 Å². The van der Waals surface area contributed by atoms with Crippen LogP contribution in [0.15, 0.2) is 17.2 Å². The van der Waals surface area contributed by atoms with E-state index in [1.807, 2.05) is 30.2 Å². The molecule has 2 fully saturated rings. The zero-order valence-corrected chi connectivity index (χ0v) is 14.9. The molecule has 0 spiro atoms. The van der Waals surface area contributed by atoms with Crippen molar-refractivity contribution >= 4 is 17.9 Å². The third-order valence-electron chi connectivity index (χ3n) is 4.70. The first-order valence-corrected chi connectivity index (χ1v) is 9.46. The summed E-state index contributed by atoms with van der Waals surface area (Å²) in [6.07, 6.45) is 3.70. The average Bonchev–Trinajstić information content (AvgIpc) is 2.94. The number of carbonyl (C=O) groups is 1. The van der Waals surface area contributed by atoms with Crippen molar-refractivity contribution in [1.29, 1.82) is 5.26 Å². The number of hydrogen-bond donors (Lipinski definition) is 0. The maximum atomic E-state index is 11.8. The zero-order chi connectivity index (χ0) is 17.1. The molecule has 2 aliphatic heterocycles. The topological polar surface area (TPSA) is 69.5 Å². The molecule has 1 atom stereocenters. The Bertz CT molecular complexity index is 652. The van der Waals surface area contributed by atoms with E-state index < -0.39 is 0 Å². The number of carbonyl (C=O) groups excluding carboxylic acids is 1. The maximum Gasteiger partial charge on any atom is 0.410 e. The van der Waals surface area contributed by atoms with Crippen molar-refractivity contribution in [3.8, 4) is 6.07 Å². The third kappa shape index (κ3) is 3.50. The van der Waals surface area contributed by atoms with Gasteiger partial charge in [0.2, 0.25) is 0 Å². The summed E-state index contributed by atoms with van der Waals surface area (Å²) in [5.41, 5.74) is 1.62. The summed E-state index contributed by atoms with van der Waals surface area (Å²) in [7, 11) is 0. The van der Waals surface area contributed by atoms with E-state index in [1.165, 1.54) is 11.8 Å². The predicted octanol–water partition coefficient (Wildman–Crippen LogP) is 2.48. The van der Waals surface area contributed by atoms with Crippen molar-refractivity contribution in [2.24, 2.45) is 0 Å². The Morgan fingerprint density at radius 2 is 2.17 bits per heavy atom. The fourth-order valence-corrected chi connectivity index (χ4v) is 3.97. The molecule has 0 aromatic carbocycles. The van der Waals surface area contributed by atoms with Crippen LogP contribution in [-0.2, 0) is 11.3 Å². The number of nitrogens with zero attached hydrogens (tertiary/aromatic N) is 4. The second-order valence-corrected chi connectivity index (χ2v) is 7.11. The molecule has 0 radical (unpaired) electrons. The van der Waals surface area contributed by atoms with Crippen LogP contribution in [0.3, 0.4) is 0 Å². The first-order valence-electron chi connectivity index (χ1n) is 8.24. The van der Waals surface area contributed by atoms with Crippen molar-refractivity contribution in [3.05, 3.63) is 23.4 Å². The molecule has 3 heterocycles. The number of piperidine rings is 1. The molecule has 0 bridgehead atoms. The van der Waals surface area contributed by atoms with Gasteiger partial charge in [-0.3, -0.25) is 9.80 Å². The van der Waals surface area contributed by atoms with Gasteiger partial charge in [0.15, 0.2) is 0 Å². The van der Waals surface area contributed by atoms with E-state index in [2.05, 4.69) is 16.0 Å². The number of rotatable bonds is 4. The highest BCUT2D eigenvalue weighted by atomic mass is 32.2. The molecule has 0 aliphatic carbocycles. The Balaban J connectivity index is 1.58. The largest absolute Gasteiger partial charge is 0.447 e. The summed E-state index contributed by atoms with van der Waals surface area (Å²) in [5.74, 6) is 0. The predicted molar refractivity (Wildman–Crippen MR) is 91.7 cm³/mol. The lowest BCUT2D eigenvalue weighted by Gasteiger charge is -2.37. The van der Waals surface area contributed by atoms with Gasteiger partial charge in [-0.2, -0.15) is 5.26 Å². The molecular formula is C17H22N4O2S. The Morgan fingerprint density at radius 3 is 2.75 bits per heavy atom. The highest BCUT2D eigenvalue weighted by molar-refractivity contribution is 7.98. The van der Waals surface area contributed by atoms with Crippen LogP contribution in [0.2, 0.25) is 0 Å². The summed E-state index contributed by atoms with van der Waals surface area (Å²) in [5, 5.41) is 9.87. The number of aromatic nitrogens is 1. The molecular weight excluding hydrogens is 324 g/mol. The minimum Gasteiger partial charge on any atom is -0.447 e. The van der Waals surface area contributed by atoms with E-state index in [-0.39, 0.29) is 18.2 Å². The van der Waals surface area contributed by atoms with Crippen molar-refractivity contribution in [2.75, 3.05) is 26.0 Å². The molecule has 0 N–H and O–H groups in total. The van der Waals surface area contributed by atoms with Crippen LogP contribution in [0.4, 0.5) is 4.79 Å². The molecule has 6 nitrogen and oxygen atoms in total. The van der Waals surface area contributed by atoms with Gasteiger partial charge in [0.25, 0.3) is 0 Å². The fraction of sp³-hybridized carbons (Fsp3) is 0.588. The van der Waals surface area contributed by atoms with Gasteiger partial charge in [-0.25, -0.2) is 9.78 Å². The molecule has 128 valence electrons. The molecule has 24 heavy (non-hydrogen) atoms. The number of pyridine rings is 1. The first kappa shape index (κ1) is 17.1.